The molecule has 7 heteroatoms. The molecular weight excluding hydrogens is 302 g/mol. The van der Waals surface area contributed by atoms with Gasteiger partial charge in [-0.2, -0.15) is 8.42 Å². The average Bonchev–Trinajstić information content (AvgIpc) is 2.24. The van der Waals surface area contributed by atoms with Gasteiger partial charge in [0.15, 0.2) is 0 Å². The van der Waals surface area contributed by atoms with Crippen LogP contribution < -0.4 is 0 Å². The van der Waals surface area contributed by atoms with Crippen molar-refractivity contribution < 1.29 is 17.2 Å². The van der Waals surface area contributed by atoms with Gasteiger partial charge in [0, 0.05) is 0 Å². The third kappa shape index (κ3) is 25.8. The summed E-state index contributed by atoms with van der Waals surface area (Å²) >= 11 is 0. The molecule has 0 fully saturated rings. The van der Waals surface area contributed by atoms with E-state index in [9.17, 15) is 8.42 Å². The third-order valence-electron chi connectivity index (χ3n) is 2.73. The molecule has 0 atom stereocenters. The molecule has 0 unspecified atom stereocenters. The van der Waals surface area contributed by atoms with Gasteiger partial charge in [-0.15, -0.1) is 0 Å². The van der Waals surface area contributed by atoms with Gasteiger partial charge in [0.1, 0.15) is 0 Å². The number of unbranched alkanes of at least 4 members (excludes halogenated alkanes) is 9. The molecule has 0 heterocycles. The summed E-state index contributed by atoms with van der Waals surface area (Å²) in [5, 5.41) is 0. The van der Waals surface area contributed by atoms with Crippen LogP contribution in [-0.4, -0.2) is 101 Å². The van der Waals surface area contributed by atoms with Crippen molar-refractivity contribution in [3.05, 3.63) is 0 Å². The van der Waals surface area contributed by atoms with Crippen LogP contribution in [0.2, 0.25) is 0 Å². The van der Waals surface area contributed by atoms with Gasteiger partial charge in [-0.05, 0) is 6.42 Å². The van der Waals surface area contributed by atoms with Crippen molar-refractivity contribution in [2.24, 2.45) is 0 Å². The summed E-state index contributed by atoms with van der Waals surface area (Å²) in [6.45, 7) is 2.31. The zero-order valence-corrected chi connectivity index (χ0v) is 11.7. The van der Waals surface area contributed by atoms with Crippen molar-refractivity contribution in [1.29, 1.82) is 0 Å². The molecule has 19 heavy (non-hydrogen) atoms. The van der Waals surface area contributed by atoms with E-state index >= 15 is 0 Å². The number of hydrogen-bond donors (Lipinski definition) is 1. The predicted octanol–water partition coefficient (Wildman–Crippen LogP) is 2.43. The van der Waals surface area contributed by atoms with Crippen LogP contribution >= 0.6 is 0 Å². The maximum absolute atomic E-state index is 10.2. The second-order valence-electron chi connectivity index (χ2n) is 4.43. The summed E-state index contributed by atoms with van der Waals surface area (Å²) in [7, 11) is -4.23. The van der Waals surface area contributed by atoms with Crippen molar-refractivity contribution >= 4 is 91.3 Å². The van der Waals surface area contributed by atoms with E-state index in [1.165, 1.54) is 44.9 Å². The fourth-order valence-electron chi connectivity index (χ4n) is 1.75. The van der Waals surface area contributed by atoms with Gasteiger partial charge in [0.25, 0.3) is 0 Å². The van der Waals surface area contributed by atoms with Crippen molar-refractivity contribution in [2.45, 2.75) is 71.1 Å². The zero-order valence-electron chi connectivity index (χ0n) is 10.9. The molecule has 0 saturated carbocycles. The summed E-state index contributed by atoms with van der Waals surface area (Å²) < 4.78 is 33.0. The second kappa shape index (κ2) is 18.6. The van der Waals surface area contributed by atoms with Crippen molar-refractivity contribution in [3.8, 4) is 0 Å². The van der Waals surface area contributed by atoms with E-state index in [0.29, 0.717) is 6.42 Å². The minimum atomic E-state index is -4.23. The van der Waals surface area contributed by atoms with Crippen LogP contribution in [0.5, 0.6) is 0 Å². The Bertz CT molecular complexity index is 260. The molecule has 108 valence electrons. The molecule has 0 spiro atoms. The van der Waals surface area contributed by atoms with Gasteiger partial charge >= 0.3 is 91.3 Å². The van der Waals surface area contributed by atoms with E-state index < -0.39 is 10.4 Å². The quantitative estimate of drug-likeness (QED) is 0.339. The summed E-state index contributed by atoms with van der Waals surface area (Å²) in [4.78, 5) is 0. The molecule has 0 bridgehead atoms. The first-order chi connectivity index (χ1) is 8.06. The fourth-order valence-corrected chi connectivity index (χ4v) is 2.08. The molecule has 0 rings (SSSR count). The monoisotopic (exact) mass is 330 g/mol. The van der Waals surface area contributed by atoms with Gasteiger partial charge in [-0.25, -0.2) is 4.18 Å². The fraction of sp³-hybridized carbons (Fsp3) is 1.00. The van der Waals surface area contributed by atoms with Gasteiger partial charge in [0.05, 0.1) is 6.61 Å². The topological polar surface area (TPSA) is 63.6 Å². The third-order valence-corrected chi connectivity index (χ3v) is 3.19. The Hall–Kier alpha value is 2.51. The van der Waals surface area contributed by atoms with E-state index in [1.54, 1.807) is 0 Å². The first kappa shape index (κ1) is 26.4. The first-order valence-corrected chi connectivity index (χ1v) is 8.04. The average molecular weight is 331 g/mol. The van der Waals surface area contributed by atoms with Crippen LogP contribution in [0.15, 0.2) is 0 Å². The first-order valence-electron chi connectivity index (χ1n) is 6.68. The molecule has 0 radical (unpaired) electrons. The second-order valence-corrected chi connectivity index (χ2v) is 5.52. The standard InChI is InChI=1S/C12H26O4S.K.Na.2H/c1-2-3-4-5-6-7-8-9-10-11-12-16-17(13,14)15;;;;/h2-12H2,1H3,(H,13,14,15);;;;. The summed E-state index contributed by atoms with van der Waals surface area (Å²) in [5.74, 6) is 0. The molecule has 0 aromatic heterocycles. The Balaban J connectivity index is -0.00000128. The van der Waals surface area contributed by atoms with E-state index in [1.807, 2.05) is 0 Å². The summed E-state index contributed by atoms with van der Waals surface area (Å²) in [6, 6.07) is 0. The molecular formula is C12H28KNaO4S. The molecule has 0 saturated heterocycles. The Morgan fingerprint density at radius 2 is 1.21 bits per heavy atom. The van der Waals surface area contributed by atoms with Crippen molar-refractivity contribution in [1.82, 2.24) is 0 Å². The molecule has 0 aliphatic heterocycles. The van der Waals surface area contributed by atoms with Gasteiger partial charge in [-0.1, -0.05) is 64.7 Å². The van der Waals surface area contributed by atoms with Crippen molar-refractivity contribution in [3.63, 3.8) is 0 Å². The molecule has 1 N–H and O–H groups in total. The van der Waals surface area contributed by atoms with Crippen LogP contribution in [0.4, 0.5) is 0 Å². The predicted molar refractivity (Wildman–Crippen MR) is 83.6 cm³/mol. The normalized spacial score (nSPS) is 10.6. The Kier molecular flexibility index (Phi) is 25.8. The molecule has 0 aliphatic rings. The van der Waals surface area contributed by atoms with Gasteiger partial charge in [0.2, 0.25) is 0 Å². The molecule has 0 amide bonds. The van der Waals surface area contributed by atoms with Gasteiger partial charge in [-0.3, -0.25) is 4.55 Å². The zero-order chi connectivity index (χ0) is 13.0. The van der Waals surface area contributed by atoms with Crippen LogP contribution in [0.25, 0.3) is 0 Å². The van der Waals surface area contributed by atoms with Crippen LogP contribution in [-0.2, 0) is 14.6 Å². The molecule has 0 aromatic rings. The minimum absolute atomic E-state index is 0. The Morgan fingerprint density at radius 1 is 0.842 bits per heavy atom. The van der Waals surface area contributed by atoms with Crippen LogP contribution in [0, 0.1) is 0 Å². The molecule has 0 aromatic carbocycles. The van der Waals surface area contributed by atoms with Crippen molar-refractivity contribution in [2.75, 3.05) is 6.61 Å². The molecule has 0 aliphatic carbocycles. The summed E-state index contributed by atoms with van der Waals surface area (Å²) in [5.41, 5.74) is 0. The van der Waals surface area contributed by atoms with E-state index in [0.717, 1.165) is 12.8 Å². The van der Waals surface area contributed by atoms with Crippen LogP contribution in [0.3, 0.4) is 0 Å². The van der Waals surface area contributed by atoms with E-state index in [-0.39, 0.29) is 87.5 Å². The van der Waals surface area contributed by atoms with Crippen LogP contribution in [0.1, 0.15) is 71.1 Å². The maximum atomic E-state index is 10.2. The Morgan fingerprint density at radius 3 is 1.58 bits per heavy atom. The van der Waals surface area contributed by atoms with E-state index in [4.69, 9.17) is 4.55 Å². The number of rotatable bonds is 12. The van der Waals surface area contributed by atoms with E-state index in [2.05, 4.69) is 11.1 Å². The number of hydrogen-bond acceptors (Lipinski definition) is 3. The SMILES string of the molecule is CCCCCCCCCCCCOS(=O)(=O)O.[KH].[NaH]. The summed E-state index contributed by atoms with van der Waals surface area (Å²) in [6.07, 6.45) is 11.9. The Labute approximate surface area is 183 Å². The molecule has 4 nitrogen and oxygen atoms in total. The van der Waals surface area contributed by atoms with Gasteiger partial charge < -0.3 is 0 Å².